The Morgan fingerprint density at radius 1 is 1.79 bits per heavy atom. The number of carbonyl (C=O) groups excluding carboxylic acids is 1. The molecule has 0 aliphatic carbocycles. The van der Waals surface area contributed by atoms with Gasteiger partial charge in [-0.25, -0.2) is 4.79 Å². The first-order valence-electron chi connectivity index (χ1n) is 4.25. The lowest BCUT2D eigenvalue weighted by atomic mass is 10.4. The van der Waals surface area contributed by atoms with Gasteiger partial charge in [0.05, 0.1) is 17.3 Å². The molecular weight excluding hydrogens is 250 g/mol. The minimum Gasteiger partial charge on any atom is -0.449 e. The number of halogens is 1. The maximum atomic E-state index is 10.7. The highest BCUT2D eigenvalue weighted by atomic mass is 79.9. The molecule has 0 saturated carbocycles. The van der Waals surface area contributed by atoms with Gasteiger partial charge in [-0.2, -0.15) is 5.10 Å². The van der Waals surface area contributed by atoms with Gasteiger partial charge < -0.3 is 10.1 Å². The van der Waals surface area contributed by atoms with E-state index in [4.69, 9.17) is 4.74 Å². The van der Waals surface area contributed by atoms with Gasteiger partial charge in [0.15, 0.2) is 0 Å². The van der Waals surface area contributed by atoms with E-state index >= 15 is 0 Å². The number of rotatable bonds is 4. The molecule has 0 radical (unpaired) electrons. The molecule has 0 aliphatic heterocycles. The molecule has 14 heavy (non-hydrogen) atoms. The fourth-order valence-electron chi connectivity index (χ4n) is 0.924. The Bertz CT molecular complexity index is 301. The van der Waals surface area contributed by atoms with Gasteiger partial charge in [0.25, 0.3) is 0 Å². The lowest BCUT2D eigenvalue weighted by Crippen LogP contribution is -2.20. The summed E-state index contributed by atoms with van der Waals surface area (Å²) in [5, 5.41) is 6.44. The molecule has 1 rings (SSSR count). The molecule has 1 heterocycles. The standard InChI is InChI=1S/C8H12BrN3O2/c1-10-8(13)14-4-2-3-12-6-7(9)5-11-12/h5-6H,2-4H2,1H3,(H,10,13). The summed E-state index contributed by atoms with van der Waals surface area (Å²) in [6.45, 7) is 1.14. The van der Waals surface area contributed by atoms with Crippen molar-refractivity contribution in [3.8, 4) is 0 Å². The Morgan fingerprint density at radius 3 is 3.14 bits per heavy atom. The number of carbonyl (C=O) groups is 1. The van der Waals surface area contributed by atoms with Crippen LogP contribution in [0.4, 0.5) is 4.79 Å². The number of hydrogen-bond acceptors (Lipinski definition) is 3. The monoisotopic (exact) mass is 261 g/mol. The van der Waals surface area contributed by atoms with Crippen LogP contribution in [0.2, 0.25) is 0 Å². The summed E-state index contributed by atoms with van der Waals surface area (Å²) in [5.41, 5.74) is 0. The Hall–Kier alpha value is -1.04. The highest BCUT2D eigenvalue weighted by Gasteiger charge is 1.98. The van der Waals surface area contributed by atoms with Gasteiger partial charge >= 0.3 is 6.09 Å². The quantitative estimate of drug-likeness (QED) is 0.834. The van der Waals surface area contributed by atoms with Crippen molar-refractivity contribution >= 4 is 22.0 Å². The molecule has 5 nitrogen and oxygen atoms in total. The summed E-state index contributed by atoms with van der Waals surface area (Å²) in [5.74, 6) is 0. The van der Waals surface area contributed by atoms with Crippen molar-refractivity contribution in [2.24, 2.45) is 0 Å². The van der Waals surface area contributed by atoms with E-state index in [2.05, 4.69) is 26.3 Å². The number of nitrogens with zero attached hydrogens (tertiary/aromatic N) is 2. The fourth-order valence-corrected chi connectivity index (χ4v) is 1.25. The van der Waals surface area contributed by atoms with E-state index in [1.54, 1.807) is 10.9 Å². The van der Waals surface area contributed by atoms with Crippen molar-refractivity contribution in [3.63, 3.8) is 0 Å². The van der Waals surface area contributed by atoms with Crippen LogP contribution in [0.1, 0.15) is 6.42 Å². The molecule has 0 atom stereocenters. The van der Waals surface area contributed by atoms with E-state index in [1.165, 1.54) is 7.05 Å². The van der Waals surface area contributed by atoms with Gasteiger partial charge in [-0.3, -0.25) is 4.68 Å². The Kier molecular flexibility index (Phi) is 4.45. The predicted octanol–water partition coefficient (Wildman–Crippen LogP) is 1.39. The maximum absolute atomic E-state index is 10.7. The van der Waals surface area contributed by atoms with Gasteiger partial charge in [-0.05, 0) is 15.9 Å². The second kappa shape index (κ2) is 5.64. The number of alkyl carbamates (subject to hydrolysis) is 1. The smallest absolute Gasteiger partial charge is 0.406 e. The van der Waals surface area contributed by atoms with E-state index in [0.29, 0.717) is 6.61 Å². The molecule has 0 aromatic carbocycles. The molecule has 6 heteroatoms. The average molecular weight is 262 g/mol. The number of hydrogen-bond donors (Lipinski definition) is 1. The summed E-state index contributed by atoms with van der Waals surface area (Å²) in [7, 11) is 1.53. The molecule has 1 aromatic heterocycles. The van der Waals surface area contributed by atoms with Crippen LogP contribution in [0, 0.1) is 0 Å². The normalized spacial score (nSPS) is 9.86. The highest BCUT2D eigenvalue weighted by molar-refractivity contribution is 9.10. The molecule has 0 saturated heterocycles. The Labute approximate surface area is 90.6 Å². The topological polar surface area (TPSA) is 56.1 Å². The van der Waals surface area contributed by atoms with Crippen LogP contribution in [-0.2, 0) is 11.3 Å². The van der Waals surface area contributed by atoms with Crippen LogP contribution in [-0.4, -0.2) is 29.5 Å². The largest absolute Gasteiger partial charge is 0.449 e. The summed E-state index contributed by atoms with van der Waals surface area (Å²) < 4.78 is 7.55. The predicted molar refractivity (Wildman–Crippen MR) is 55.0 cm³/mol. The van der Waals surface area contributed by atoms with Gasteiger partial charge in [0.2, 0.25) is 0 Å². The third-order valence-corrected chi connectivity index (χ3v) is 1.98. The van der Waals surface area contributed by atoms with Gasteiger partial charge in [0, 0.05) is 26.2 Å². The number of aromatic nitrogens is 2. The molecule has 1 N–H and O–H groups in total. The number of ether oxygens (including phenoxy) is 1. The molecule has 0 fully saturated rings. The molecule has 78 valence electrons. The first-order valence-corrected chi connectivity index (χ1v) is 5.04. The lowest BCUT2D eigenvalue weighted by Gasteiger charge is -2.03. The van der Waals surface area contributed by atoms with Gasteiger partial charge in [0.1, 0.15) is 0 Å². The zero-order valence-corrected chi connectivity index (χ0v) is 9.45. The maximum Gasteiger partial charge on any atom is 0.406 e. The van der Waals surface area contributed by atoms with Crippen molar-refractivity contribution in [3.05, 3.63) is 16.9 Å². The molecule has 0 spiro atoms. The second-order valence-electron chi connectivity index (χ2n) is 2.66. The van der Waals surface area contributed by atoms with Crippen molar-refractivity contribution in [2.45, 2.75) is 13.0 Å². The van der Waals surface area contributed by atoms with E-state index < -0.39 is 6.09 Å². The fraction of sp³-hybridized carbons (Fsp3) is 0.500. The van der Waals surface area contributed by atoms with Crippen LogP contribution in [0.3, 0.4) is 0 Å². The number of amides is 1. The minimum atomic E-state index is -0.397. The molecule has 0 bridgehead atoms. The number of nitrogens with one attached hydrogen (secondary N) is 1. The average Bonchev–Trinajstić information content (AvgIpc) is 2.58. The molecule has 0 aliphatic rings. The first-order chi connectivity index (χ1) is 6.72. The van der Waals surface area contributed by atoms with Crippen molar-refractivity contribution in [1.29, 1.82) is 0 Å². The second-order valence-corrected chi connectivity index (χ2v) is 3.58. The first kappa shape index (κ1) is 11.0. The summed E-state index contributed by atoms with van der Waals surface area (Å²) in [6, 6.07) is 0. The van der Waals surface area contributed by atoms with E-state index in [-0.39, 0.29) is 0 Å². The zero-order valence-electron chi connectivity index (χ0n) is 7.86. The third-order valence-electron chi connectivity index (χ3n) is 1.57. The van der Waals surface area contributed by atoms with E-state index in [1.807, 2.05) is 6.20 Å². The summed E-state index contributed by atoms with van der Waals surface area (Å²) in [6.07, 6.45) is 3.95. The highest BCUT2D eigenvalue weighted by Crippen LogP contribution is 2.06. The summed E-state index contributed by atoms with van der Waals surface area (Å²) >= 11 is 3.30. The minimum absolute atomic E-state index is 0.397. The Morgan fingerprint density at radius 2 is 2.57 bits per heavy atom. The SMILES string of the molecule is CNC(=O)OCCCn1cc(Br)cn1. The molecular formula is C8H12BrN3O2. The van der Waals surface area contributed by atoms with Gasteiger partial charge in [-0.1, -0.05) is 0 Å². The van der Waals surface area contributed by atoms with Crippen LogP contribution >= 0.6 is 15.9 Å². The van der Waals surface area contributed by atoms with Crippen molar-refractivity contribution in [1.82, 2.24) is 15.1 Å². The van der Waals surface area contributed by atoms with Gasteiger partial charge in [-0.15, -0.1) is 0 Å². The third kappa shape index (κ3) is 3.78. The van der Waals surface area contributed by atoms with Crippen LogP contribution < -0.4 is 5.32 Å². The van der Waals surface area contributed by atoms with Crippen LogP contribution in [0.5, 0.6) is 0 Å². The Balaban J connectivity index is 2.13. The van der Waals surface area contributed by atoms with E-state index in [9.17, 15) is 4.79 Å². The van der Waals surface area contributed by atoms with Crippen LogP contribution in [0.25, 0.3) is 0 Å². The molecule has 0 unspecified atom stereocenters. The molecule has 1 aromatic rings. The van der Waals surface area contributed by atoms with E-state index in [0.717, 1.165) is 17.4 Å². The van der Waals surface area contributed by atoms with Crippen LogP contribution in [0.15, 0.2) is 16.9 Å². The summed E-state index contributed by atoms with van der Waals surface area (Å²) in [4.78, 5) is 10.7. The van der Waals surface area contributed by atoms with Crippen molar-refractivity contribution in [2.75, 3.05) is 13.7 Å². The lowest BCUT2D eigenvalue weighted by molar-refractivity contribution is 0.145. The number of aryl methyl sites for hydroxylation is 1. The zero-order chi connectivity index (χ0) is 10.4. The van der Waals surface area contributed by atoms with Crippen molar-refractivity contribution < 1.29 is 9.53 Å². The molecule has 1 amide bonds.